The van der Waals surface area contributed by atoms with Gasteiger partial charge in [0.25, 0.3) is 0 Å². The molecule has 0 aliphatic rings. The van der Waals surface area contributed by atoms with Gasteiger partial charge in [-0.3, -0.25) is 0 Å². The molecule has 0 saturated carbocycles. The standard InChI is InChI=1S/C18H16FNS/c19-14-8-10-15(11-9-14)21-12-18(20)17-7-3-5-13-4-1-2-6-16(13)17/h1-11,18H,12,20H2. The van der Waals surface area contributed by atoms with Gasteiger partial charge < -0.3 is 5.73 Å². The molecular weight excluding hydrogens is 281 g/mol. The molecule has 0 heterocycles. The molecule has 1 unspecified atom stereocenters. The Hall–Kier alpha value is -1.84. The van der Waals surface area contributed by atoms with Gasteiger partial charge in [-0.25, -0.2) is 4.39 Å². The van der Waals surface area contributed by atoms with Gasteiger partial charge >= 0.3 is 0 Å². The Morgan fingerprint density at radius 3 is 2.43 bits per heavy atom. The van der Waals surface area contributed by atoms with Crippen molar-refractivity contribution in [2.24, 2.45) is 5.73 Å². The molecule has 3 aromatic rings. The Kier molecular flexibility index (Phi) is 4.23. The van der Waals surface area contributed by atoms with Crippen LogP contribution in [0.2, 0.25) is 0 Å². The number of rotatable bonds is 4. The minimum absolute atomic E-state index is 0.0499. The molecule has 0 bridgehead atoms. The van der Waals surface area contributed by atoms with Gasteiger partial charge in [0.2, 0.25) is 0 Å². The van der Waals surface area contributed by atoms with Crippen LogP contribution in [0, 0.1) is 5.82 Å². The minimum atomic E-state index is -0.210. The average molecular weight is 297 g/mol. The summed E-state index contributed by atoms with van der Waals surface area (Å²) in [7, 11) is 0. The van der Waals surface area contributed by atoms with Gasteiger partial charge in [-0.2, -0.15) is 0 Å². The van der Waals surface area contributed by atoms with E-state index >= 15 is 0 Å². The molecule has 0 aromatic heterocycles. The smallest absolute Gasteiger partial charge is 0.123 e. The van der Waals surface area contributed by atoms with Crippen molar-refractivity contribution in [2.75, 3.05) is 5.75 Å². The normalized spacial score (nSPS) is 12.5. The van der Waals surface area contributed by atoms with Crippen LogP contribution in [0.1, 0.15) is 11.6 Å². The zero-order valence-electron chi connectivity index (χ0n) is 11.5. The number of thioether (sulfide) groups is 1. The Balaban J connectivity index is 1.78. The molecule has 1 atom stereocenters. The topological polar surface area (TPSA) is 26.0 Å². The molecule has 0 saturated heterocycles. The summed E-state index contributed by atoms with van der Waals surface area (Å²) in [6, 6.07) is 21.0. The predicted molar refractivity (Wildman–Crippen MR) is 88.0 cm³/mol. The predicted octanol–water partition coefficient (Wildman–Crippen LogP) is 4.77. The Morgan fingerprint density at radius 1 is 0.905 bits per heavy atom. The van der Waals surface area contributed by atoms with E-state index in [0.717, 1.165) is 16.2 Å². The second kappa shape index (κ2) is 6.29. The Bertz CT molecular complexity index is 734. The second-order valence-electron chi connectivity index (χ2n) is 4.94. The van der Waals surface area contributed by atoms with Crippen molar-refractivity contribution in [3.63, 3.8) is 0 Å². The zero-order chi connectivity index (χ0) is 14.7. The van der Waals surface area contributed by atoms with Crippen LogP contribution in [0.25, 0.3) is 10.8 Å². The van der Waals surface area contributed by atoms with E-state index in [-0.39, 0.29) is 11.9 Å². The number of hydrogen-bond donors (Lipinski definition) is 1. The number of hydrogen-bond acceptors (Lipinski definition) is 2. The van der Waals surface area contributed by atoms with Gasteiger partial charge in [-0.15, -0.1) is 11.8 Å². The van der Waals surface area contributed by atoms with Crippen LogP contribution in [0.5, 0.6) is 0 Å². The molecular formula is C18H16FNS. The first kappa shape index (κ1) is 14.1. The van der Waals surface area contributed by atoms with Crippen LogP contribution < -0.4 is 5.73 Å². The van der Waals surface area contributed by atoms with Crippen molar-refractivity contribution in [3.8, 4) is 0 Å². The van der Waals surface area contributed by atoms with Crippen molar-refractivity contribution < 1.29 is 4.39 Å². The maximum absolute atomic E-state index is 12.9. The summed E-state index contributed by atoms with van der Waals surface area (Å²) in [5.41, 5.74) is 7.50. The molecule has 0 spiro atoms. The molecule has 0 aliphatic heterocycles. The van der Waals surface area contributed by atoms with Crippen molar-refractivity contribution in [1.29, 1.82) is 0 Å². The molecule has 0 radical (unpaired) electrons. The van der Waals surface area contributed by atoms with E-state index in [1.165, 1.54) is 22.9 Å². The number of benzene rings is 3. The van der Waals surface area contributed by atoms with Gasteiger partial charge in [-0.05, 0) is 40.6 Å². The zero-order valence-corrected chi connectivity index (χ0v) is 12.3. The number of fused-ring (bicyclic) bond motifs is 1. The molecule has 3 heteroatoms. The second-order valence-corrected chi connectivity index (χ2v) is 6.03. The fourth-order valence-electron chi connectivity index (χ4n) is 2.38. The number of nitrogens with two attached hydrogens (primary N) is 1. The summed E-state index contributed by atoms with van der Waals surface area (Å²) in [4.78, 5) is 1.03. The van der Waals surface area contributed by atoms with Gasteiger partial charge in [0.15, 0.2) is 0 Å². The van der Waals surface area contributed by atoms with Gasteiger partial charge in [0.05, 0.1) is 0 Å². The third-order valence-corrected chi connectivity index (χ3v) is 4.60. The average Bonchev–Trinajstić information content (AvgIpc) is 2.53. The summed E-state index contributed by atoms with van der Waals surface area (Å²) < 4.78 is 12.9. The van der Waals surface area contributed by atoms with Crippen LogP contribution in [0.3, 0.4) is 0 Å². The maximum Gasteiger partial charge on any atom is 0.123 e. The fourth-order valence-corrected chi connectivity index (χ4v) is 3.26. The highest BCUT2D eigenvalue weighted by Crippen LogP contribution is 2.28. The van der Waals surface area contributed by atoms with E-state index in [0.29, 0.717) is 0 Å². The van der Waals surface area contributed by atoms with E-state index in [1.807, 2.05) is 18.2 Å². The molecule has 1 nitrogen and oxygen atoms in total. The lowest BCUT2D eigenvalue weighted by Gasteiger charge is -2.14. The van der Waals surface area contributed by atoms with Crippen molar-refractivity contribution >= 4 is 22.5 Å². The lowest BCUT2D eigenvalue weighted by atomic mass is 10.0. The SMILES string of the molecule is NC(CSc1ccc(F)cc1)c1cccc2ccccc12. The molecule has 2 N–H and O–H groups in total. The van der Waals surface area contributed by atoms with Gasteiger partial charge in [0, 0.05) is 16.7 Å². The van der Waals surface area contributed by atoms with Gasteiger partial charge in [0.1, 0.15) is 5.82 Å². The molecule has 21 heavy (non-hydrogen) atoms. The van der Waals surface area contributed by atoms with Gasteiger partial charge in [-0.1, -0.05) is 42.5 Å². The largest absolute Gasteiger partial charge is 0.323 e. The monoisotopic (exact) mass is 297 g/mol. The first-order chi connectivity index (χ1) is 10.2. The third-order valence-electron chi connectivity index (χ3n) is 3.47. The van der Waals surface area contributed by atoms with Crippen molar-refractivity contribution in [3.05, 3.63) is 78.1 Å². The minimum Gasteiger partial charge on any atom is -0.323 e. The molecule has 0 aliphatic carbocycles. The Labute approximate surface area is 128 Å². The van der Waals surface area contributed by atoms with E-state index in [1.54, 1.807) is 23.9 Å². The summed E-state index contributed by atoms with van der Waals surface area (Å²) in [5.74, 6) is 0.553. The molecule has 0 fully saturated rings. The van der Waals surface area contributed by atoms with Crippen LogP contribution in [-0.4, -0.2) is 5.75 Å². The summed E-state index contributed by atoms with van der Waals surface area (Å²) >= 11 is 1.65. The highest BCUT2D eigenvalue weighted by molar-refractivity contribution is 7.99. The lowest BCUT2D eigenvalue weighted by molar-refractivity contribution is 0.626. The maximum atomic E-state index is 12.9. The van der Waals surface area contributed by atoms with E-state index in [4.69, 9.17) is 5.73 Å². The molecule has 0 amide bonds. The lowest BCUT2D eigenvalue weighted by Crippen LogP contribution is -2.13. The van der Waals surface area contributed by atoms with Crippen LogP contribution >= 0.6 is 11.8 Å². The first-order valence-corrected chi connectivity index (χ1v) is 7.84. The summed E-state index contributed by atoms with van der Waals surface area (Å²) in [6.45, 7) is 0. The molecule has 3 aromatic carbocycles. The quantitative estimate of drug-likeness (QED) is 0.702. The van der Waals surface area contributed by atoms with E-state index in [9.17, 15) is 4.39 Å². The summed E-state index contributed by atoms with van der Waals surface area (Å²) in [6.07, 6.45) is 0. The Morgan fingerprint density at radius 2 is 1.62 bits per heavy atom. The first-order valence-electron chi connectivity index (χ1n) is 6.85. The summed E-state index contributed by atoms with van der Waals surface area (Å²) in [5, 5.41) is 2.41. The molecule has 106 valence electrons. The van der Waals surface area contributed by atoms with E-state index in [2.05, 4.69) is 24.3 Å². The van der Waals surface area contributed by atoms with Crippen LogP contribution in [0.15, 0.2) is 71.6 Å². The highest BCUT2D eigenvalue weighted by atomic mass is 32.2. The third kappa shape index (κ3) is 3.26. The van der Waals surface area contributed by atoms with Crippen LogP contribution in [-0.2, 0) is 0 Å². The number of halogens is 1. The molecule has 3 rings (SSSR count). The van der Waals surface area contributed by atoms with E-state index < -0.39 is 0 Å². The van der Waals surface area contributed by atoms with Crippen molar-refractivity contribution in [1.82, 2.24) is 0 Å². The highest BCUT2D eigenvalue weighted by Gasteiger charge is 2.10. The fraction of sp³-hybridized carbons (Fsp3) is 0.111. The van der Waals surface area contributed by atoms with Crippen molar-refractivity contribution in [2.45, 2.75) is 10.9 Å². The van der Waals surface area contributed by atoms with Crippen LogP contribution in [0.4, 0.5) is 4.39 Å².